The molecule has 8 heteroatoms. The second-order valence-corrected chi connectivity index (χ2v) is 6.29. The topological polar surface area (TPSA) is 67.2 Å². The van der Waals surface area contributed by atoms with Crippen molar-refractivity contribution in [1.29, 1.82) is 0 Å². The van der Waals surface area contributed by atoms with Crippen molar-refractivity contribution in [2.75, 3.05) is 18.9 Å². The summed E-state index contributed by atoms with van der Waals surface area (Å²) in [6.45, 7) is 3.44. The van der Waals surface area contributed by atoms with Crippen LogP contribution >= 0.6 is 23.2 Å². The van der Waals surface area contributed by atoms with Gasteiger partial charge in [-0.25, -0.2) is 0 Å². The minimum Gasteiger partial charge on any atom is -0.332 e. The van der Waals surface area contributed by atoms with Gasteiger partial charge in [0.25, 0.3) is 5.91 Å². The van der Waals surface area contributed by atoms with Gasteiger partial charge in [-0.1, -0.05) is 29.3 Å². The molecule has 0 aliphatic carbocycles. The summed E-state index contributed by atoms with van der Waals surface area (Å²) in [5.41, 5.74) is 2.21. The van der Waals surface area contributed by atoms with E-state index in [4.69, 9.17) is 23.2 Å². The molecule has 2 rings (SSSR count). The van der Waals surface area contributed by atoms with Crippen molar-refractivity contribution < 1.29 is 9.59 Å². The number of aryl methyl sites for hydroxylation is 2. The third-order valence-corrected chi connectivity index (χ3v) is 4.31. The lowest BCUT2D eigenvalue weighted by molar-refractivity contribution is -0.116. The van der Waals surface area contributed by atoms with Gasteiger partial charge in [0, 0.05) is 19.8 Å². The predicted octanol–water partition coefficient (Wildman–Crippen LogP) is 3.05. The Hall–Kier alpha value is -2.05. The first kappa shape index (κ1) is 18.3. The van der Waals surface area contributed by atoms with Crippen molar-refractivity contribution in [3.05, 3.63) is 45.2 Å². The van der Waals surface area contributed by atoms with Gasteiger partial charge in [0.1, 0.15) is 0 Å². The summed E-state index contributed by atoms with van der Waals surface area (Å²) in [6, 6.07) is 4.93. The van der Waals surface area contributed by atoms with E-state index in [2.05, 4.69) is 10.4 Å². The number of hydrogen-bond donors (Lipinski definition) is 1. The third-order valence-electron chi connectivity index (χ3n) is 3.68. The lowest BCUT2D eigenvalue weighted by atomic mass is 10.1. The fourth-order valence-electron chi connectivity index (χ4n) is 2.36. The number of hydrogen-bond acceptors (Lipinski definition) is 3. The van der Waals surface area contributed by atoms with Crippen molar-refractivity contribution >= 4 is 40.7 Å². The minimum absolute atomic E-state index is 0.131. The van der Waals surface area contributed by atoms with Crippen LogP contribution in [0, 0.1) is 13.8 Å². The van der Waals surface area contributed by atoms with Gasteiger partial charge in [0.2, 0.25) is 5.91 Å². The van der Waals surface area contributed by atoms with E-state index in [1.165, 1.54) is 4.90 Å². The first-order valence-corrected chi connectivity index (χ1v) is 7.97. The number of nitrogens with zero attached hydrogens (tertiary/aromatic N) is 3. The molecule has 0 aliphatic rings. The zero-order valence-corrected chi connectivity index (χ0v) is 15.4. The Balaban J connectivity index is 2.10. The average molecular weight is 369 g/mol. The number of carbonyl (C=O) groups is 2. The molecule has 128 valence electrons. The number of likely N-dealkylation sites (N-methyl/N-ethyl adjacent to an activating group) is 1. The molecule has 1 heterocycles. The van der Waals surface area contributed by atoms with Crippen LogP contribution in [0.4, 0.5) is 5.69 Å². The van der Waals surface area contributed by atoms with Crippen molar-refractivity contribution in [2.45, 2.75) is 13.8 Å². The molecule has 0 bridgehead atoms. The average Bonchev–Trinajstić information content (AvgIpc) is 2.75. The Bertz CT molecular complexity index is 781. The molecule has 1 aromatic heterocycles. The van der Waals surface area contributed by atoms with Gasteiger partial charge in [0.05, 0.1) is 33.5 Å². The number of amides is 2. The van der Waals surface area contributed by atoms with Crippen molar-refractivity contribution in [1.82, 2.24) is 14.7 Å². The van der Waals surface area contributed by atoms with Gasteiger partial charge in [0.15, 0.2) is 0 Å². The Kier molecular flexibility index (Phi) is 5.51. The second kappa shape index (κ2) is 7.23. The Morgan fingerprint density at radius 1 is 1.25 bits per heavy atom. The van der Waals surface area contributed by atoms with Crippen LogP contribution in [-0.4, -0.2) is 40.1 Å². The quantitative estimate of drug-likeness (QED) is 0.901. The molecule has 0 radical (unpaired) electrons. The zero-order chi connectivity index (χ0) is 18.0. The van der Waals surface area contributed by atoms with E-state index in [1.807, 2.05) is 6.92 Å². The molecule has 0 saturated heterocycles. The van der Waals surface area contributed by atoms with Crippen LogP contribution in [0.15, 0.2) is 18.2 Å². The lowest BCUT2D eigenvalue weighted by Gasteiger charge is -2.17. The number of halogens is 2. The Morgan fingerprint density at radius 3 is 2.33 bits per heavy atom. The highest BCUT2D eigenvalue weighted by Gasteiger charge is 2.22. The number of para-hydroxylation sites is 1. The Morgan fingerprint density at radius 2 is 1.83 bits per heavy atom. The van der Waals surface area contributed by atoms with Gasteiger partial charge < -0.3 is 10.2 Å². The third kappa shape index (κ3) is 3.71. The van der Waals surface area contributed by atoms with Gasteiger partial charge in [-0.2, -0.15) is 5.10 Å². The van der Waals surface area contributed by atoms with Gasteiger partial charge in [-0.3, -0.25) is 14.3 Å². The van der Waals surface area contributed by atoms with Crippen LogP contribution in [0.5, 0.6) is 0 Å². The molecule has 0 atom stereocenters. The van der Waals surface area contributed by atoms with Crippen LogP contribution < -0.4 is 5.32 Å². The number of anilines is 1. The molecular formula is C16H18Cl2N4O2. The number of nitrogens with one attached hydrogen (secondary N) is 1. The molecule has 0 aliphatic heterocycles. The maximum absolute atomic E-state index is 12.6. The highest BCUT2D eigenvalue weighted by molar-refractivity contribution is 6.39. The summed E-state index contributed by atoms with van der Waals surface area (Å²) in [5, 5.41) is 7.52. The second-order valence-electron chi connectivity index (χ2n) is 5.48. The molecule has 24 heavy (non-hydrogen) atoms. The van der Waals surface area contributed by atoms with Crippen molar-refractivity contribution in [3.63, 3.8) is 0 Å². The lowest BCUT2D eigenvalue weighted by Crippen LogP contribution is -2.35. The first-order chi connectivity index (χ1) is 11.2. The van der Waals surface area contributed by atoms with E-state index < -0.39 is 0 Å². The fraction of sp³-hybridized carbons (Fsp3) is 0.312. The minimum atomic E-state index is -0.389. The van der Waals surface area contributed by atoms with E-state index in [9.17, 15) is 9.59 Å². The summed E-state index contributed by atoms with van der Waals surface area (Å²) in [4.78, 5) is 26.1. The summed E-state index contributed by atoms with van der Waals surface area (Å²) >= 11 is 12.0. The molecule has 2 amide bonds. The number of aromatic nitrogens is 2. The fourth-order valence-corrected chi connectivity index (χ4v) is 2.85. The van der Waals surface area contributed by atoms with Gasteiger partial charge in [-0.15, -0.1) is 0 Å². The molecule has 0 fully saturated rings. The first-order valence-electron chi connectivity index (χ1n) is 7.22. The molecule has 0 spiro atoms. The largest absolute Gasteiger partial charge is 0.332 e. The molecule has 2 aromatic rings. The molecule has 6 nitrogen and oxygen atoms in total. The predicted molar refractivity (Wildman–Crippen MR) is 94.7 cm³/mol. The molecule has 0 saturated carbocycles. The van der Waals surface area contributed by atoms with Crippen molar-refractivity contribution in [3.8, 4) is 0 Å². The molecular weight excluding hydrogens is 351 g/mol. The molecule has 1 N–H and O–H groups in total. The number of benzene rings is 1. The monoisotopic (exact) mass is 368 g/mol. The summed E-state index contributed by atoms with van der Waals surface area (Å²) in [5.74, 6) is -0.654. The van der Waals surface area contributed by atoms with Crippen LogP contribution in [0.1, 0.15) is 21.7 Å². The summed E-state index contributed by atoms with van der Waals surface area (Å²) in [6.07, 6.45) is 0. The standard InChI is InChI=1S/C16H18Cl2N4O2/c1-9-14(10(2)22(4)20-9)16(24)21(3)8-13(23)19-15-11(17)6-5-7-12(15)18/h5-7H,8H2,1-4H3,(H,19,23). The van der Waals surface area contributed by atoms with E-state index in [-0.39, 0.29) is 18.4 Å². The maximum Gasteiger partial charge on any atom is 0.257 e. The number of carbonyl (C=O) groups excluding carboxylic acids is 2. The van der Waals surface area contributed by atoms with E-state index >= 15 is 0 Å². The zero-order valence-electron chi connectivity index (χ0n) is 13.9. The van der Waals surface area contributed by atoms with E-state index in [1.54, 1.807) is 43.9 Å². The van der Waals surface area contributed by atoms with E-state index in [0.717, 1.165) is 5.69 Å². The normalized spacial score (nSPS) is 10.6. The highest BCUT2D eigenvalue weighted by Crippen LogP contribution is 2.29. The van der Waals surface area contributed by atoms with Crippen LogP contribution in [0.3, 0.4) is 0 Å². The van der Waals surface area contributed by atoms with Crippen molar-refractivity contribution in [2.24, 2.45) is 7.05 Å². The van der Waals surface area contributed by atoms with Gasteiger partial charge in [-0.05, 0) is 26.0 Å². The molecule has 0 unspecified atom stereocenters. The SMILES string of the molecule is Cc1nn(C)c(C)c1C(=O)N(C)CC(=O)Nc1c(Cl)cccc1Cl. The van der Waals surface area contributed by atoms with E-state index in [0.29, 0.717) is 27.0 Å². The van der Waals surface area contributed by atoms with Gasteiger partial charge >= 0.3 is 0 Å². The summed E-state index contributed by atoms with van der Waals surface area (Å²) < 4.78 is 1.64. The smallest absolute Gasteiger partial charge is 0.257 e. The van der Waals surface area contributed by atoms with Crippen LogP contribution in [-0.2, 0) is 11.8 Å². The highest BCUT2D eigenvalue weighted by atomic mass is 35.5. The van der Waals surface area contributed by atoms with Crippen LogP contribution in [0.25, 0.3) is 0 Å². The number of rotatable bonds is 4. The summed E-state index contributed by atoms with van der Waals surface area (Å²) in [7, 11) is 3.33. The molecule has 1 aromatic carbocycles. The Labute approximate surface area is 150 Å². The maximum atomic E-state index is 12.6. The van der Waals surface area contributed by atoms with Crippen LogP contribution in [0.2, 0.25) is 10.0 Å².